The predicted molar refractivity (Wildman–Crippen MR) is 69.5 cm³/mol. The maximum absolute atomic E-state index is 12.1. The highest BCUT2D eigenvalue weighted by atomic mass is 32.2. The van der Waals surface area contributed by atoms with E-state index in [2.05, 4.69) is 10.1 Å². The molecular weight excluding hydrogens is 266 g/mol. The van der Waals surface area contributed by atoms with Gasteiger partial charge in [0.2, 0.25) is 0 Å². The first kappa shape index (κ1) is 13.1. The number of aliphatic hydroxyl groups is 1. The van der Waals surface area contributed by atoms with E-state index in [0.717, 1.165) is 38.1 Å². The Labute approximate surface area is 112 Å². The number of aromatic nitrogens is 3. The standard InChI is InChI=1S/C12H19N3O3S/c16-8-9-4-3-6-15-12(9)13-11(14-15)10-5-1-2-7-19(10,17)18/h9-10,16H,1-8H2. The van der Waals surface area contributed by atoms with E-state index in [1.165, 1.54) is 0 Å². The molecule has 0 spiro atoms. The molecule has 6 nitrogen and oxygen atoms in total. The van der Waals surface area contributed by atoms with Crippen LogP contribution in [0.15, 0.2) is 0 Å². The van der Waals surface area contributed by atoms with Crippen molar-refractivity contribution in [2.24, 2.45) is 0 Å². The van der Waals surface area contributed by atoms with Crippen molar-refractivity contribution in [1.29, 1.82) is 0 Å². The van der Waals surface area contributed by atoms with Gasteiger partial charge in [-0.15, -0.1) is 0 Å². The highest BCUT2D eigenvalue weighted by Gasteiger charge is 2.35. The van der Waals surface area contributed by atoms with Gasteiger partial charge in [0.25, 0.3) is 0 Å². The molecule has 0 radical (unpaired) electrons. The van der Waals surface area contributed by atoms with Gasteiger partial charge in [0, 0.05) is 12.5 Å². The Kier molecular flexibility index (Phi) is 3.34. The lowest BCUT2D eigenvalue weighted by Gasteiger charge is -2.19. The van der Waals surface area contributed by atoms with Crippen molar-refractivity contribution < 1.29 is 13.5 Å². The van der Waals surface area contributed by atoms with Gasteiger partial charge in [-0.1, -0.05) is 6.42 Å². The van der Waals surface area contributed by atoms with E-state index < -0.39 is 15.1 Å². The molecule has 3 rings (SSSR count). The molecule has 2 aliphatic rings. The van der Waals surface area contributed by atoms with Gasteiger partial charge < -0.3 is 5.11 Å². The van der Waals surface area contributed by atoms with Crippen molar-refractivity contribution in [3.63, 3.8) is 0 Å². The fourth-order valence-electron chi connectivity index (χ4n) is 3.01. The Morgan fingerprint density at radius 3 is 2.84 bits per heavy atom. The van der Waals surface area contributed by atoms with E-state index in [9.17, 15) is 13.5 Å². The maximum atomic E-state index is 12.1. The zero-order valence-corrected chi connectivity index (χ0v) is 11.6. The Morgan fingerprint density at radius 2 is 2.11 bits per heavy atom. The number of hydrogen-bond donors (Lipinski definition) is 1. The molecular formula is C12H19N3O3S. The van der Waals surface area contributed by atoms with Crippen molar-refractivity contribution >= 4 is 9.84 Å². The second-order valence-corrected chi connectivity index (χ2v) is 7.73. The molecule has 2 aliphatic heterocycles. The number of sulfone groups is 1. The van der Waals surface area contributed by atoms with Gasteiger partial charge in [-0.2, -0.15) is 5.10 Å². The number of aryl methyl sites for hydroxylation is 1. The van der Waals surface area contributed by atoms with Gasteiger partial charge in [-0.25, -0.2) is 18.1 Å². The molecule has 2 atom stereocenters. The quantitative estimate of drug-likeness (QED) is 0.868. The van der Waals surface area contributed by atoms with E-state index >= 15 is 0 Å². The van der Waals surface area contributed by atoms with Crippen molar-refractivity contribution in [2.45, 2.75) is 49.8 Å². The van der Waals surface area contributed by atoms with Crippen LogP contribution in [0.5, 0.6) is 0 Å². The van der Waals surface area contributed by atoms with Crippen molar-refractivity contribution in [3.8, 4) is 0 Å². The first-order valence-corrected chi connectivity index (χ1v) is 8.60. The van der Waals surface area contributed by atoms with E-state index in [-0.39, 0.29) is 18.3 Å². The van der Waals surface area contributed by atoms with Crippen LogP contribution in [0.2, 0.25) is 0 Å². The average Bonchev–Trinajstić information content (AvgIpc) is 2.81. The smallest absolute Gasteiger partial charge is 0.169 e. The number of aliphatic hydroxyl groups excluding tert-OH is 1. The first-order chi connectivity index (χ1) is 9.12. The van der Waals surface area contributed by atoms with Crippen LogP contribution in [0.4, 0.5) is 0 Å². The van der Waals surface area contributed by atoms with Gasteiger partial charge >= 0.3 is 0 Å². The topological polar surface area (TPSA) is 85.1 Å². The van der Waals surface area contributed by atoms with Crippen LogP contribution < -0.4 is 0 Å². The minimum absolute atomic E-state index is 0.00120. The fraction of sp³-hybridized carbons (Fsp3) is 0.833. The minimum Gasteiger partial charge on any atom is -0.396 e. The molecule has 1 aromatic heterocycles. The van der Waals surface area contributed by atoms with E-state index in [1.54, 1.807) is 4.68 Å². The van der Waals surface area contributed by atoms with Crippen LogP contribution in [-0.4, -0.2) is 40.6 Å². The largest absolute Gasteiger partial charge is 0.396 e. The number of hydrogen-bond acceptors (Lipinski definition) is 5. The molecule has 2 unspecified atom stereocenters. The van der Waals surface area contributed by atoms with Crippen LogP contribution in [0.1, 0.15) is 54.9 Å². The molecule has 1 aromatic rings. The lowest BCUT2D eigenvalue weighted by atomic mass is 10.0. The lowest BCUT2D eigenvalue weighted by Crippen LogP contribution is -2.22. The maximum Gasteiger partial charge on any atom is 0.169 e. The summed E-state index contributed by atoms with van der Waals surface area (Å²) in [6.07, 6.45) is 4.13. The summed E-state index contributed by atoms with van der Waals surface area (Å²) < 4.78 is 26.0. The molecule has 0 aromatic carbocycles. The predicted octanol–water partition coefficient (Wildman–Crippen LogP) is 0.788. The third kappa shape index (κ3) is 2.29. The molecule has 3 heterocycles. The summed E-state index contributed by atoms with van der Waals surface area (Å²) in [5, 5.41) is 13.2. The Hall–Kier alpha value is -0.950. The van der Waals surface area contributed by atoms with Crippen LogP contribution in [0, 0.1) is 0 Å². The Bertz CT molecular complexity index is 567. The average molecular weight is 285 g/mol. The molecule has 0 amide bonds. The van der Waals surface area contributed by atoms with Crippen molar-refractivity contribution in [3.05, 3.63) is 11.6 Å². The van der Waals surface area contributed by atoms with Gasteiger partial charge in [0.1, 0.15) is 11.1 Å². The summed E-state index contributed by atoms with van der Waals surface area (Å²) in [7, 11) is -3.10. The Morgan fingerprint density at radius 1 is 1.26 bits per heavy atom. The van der Waals surface area contributed by atoms with Crippen LogP contribution in [0.3, 0.4) is 0 Å². The minimum atomic E-state index is -3.10. The van der Waals surface area contributed by atoms with Crippen LogP contribution in [0.25, 0.3) is 0 Å². The van der Waals surface area contributed by atoms with Gasteiger partial charge in [-0.3, -0.25) is 0 Å². The van der Waals surface area contributed by atoms with Gasteiger partial charge in [-0.05, 0) is 25.7 Å². The first-order valence-electron chi connectivity index (χ1n) is 6.89. The number of rotatable bonds is 2. The van der Waals surface area contributed by atoms with Crippen molar-refractivity contribution in [2.75, 3.05) is 12.4 Å². The third-order valence-electron chi connectivity index (χ3n) is 4.09. The molecule has 0 aliphatic carbocycles. The third-order valence-corrected chi connectivity index (χ3v) is 6.26. The van der Waals surface area contributed by atoms with Gasteiger partial charge in [0.05, 0.1) is 12.4 Å². The van der Waals surface area contributed by atoms with E-state index in [1.807, 2.05) is 0 Å². The summed E-state index contributed by atoms with van der Waals surface area (Å²) in [6, 6.07) is 0. The second kappa shape index (κ2) is 4.86. The summed E-state index contributed by atoms with van der Waals surface area (Å²) >= 11 is 0. The fourth-order valence-corrected chi connectivity index (χ4v) is 4.85. The highest BCUT2D eigenvalue weighted by Crippen LogP contribution is 2.33. The molecule has 0 saturated carbocycles. The monoisotopic (exact) mass is 285 g/mol. The van der Waals surface area contributed by atoms with E-state index in [4.69, 9.17) is 0 Å². The SMILES string of the molecule is O=S1(=O)CCCCC1c1nc2n(n1)CCCC2CO. The number of nitrogens with zero attached hydrogens (tertiary/aromatic N) is 3. The van der Waals surface area contributed by atoms with Crippen LogP contribution in [-0.2, 0) is 16.4 Å². The number of fused-ring (bicyclic) bond motifs is 1. The summed E-state index contributed by atoms with van der Waals surface area (Å²) in [6.45, 7) is 0.821. The zero-order chi connectivity index (χ0) is 13.5. The molecule has 1 saturated heterocycles. The summed E-state index contributed by atoms with van der Waals surface area (Å²) in [5.41, 5.74) is 0. The molecule has 0 bridgehead atoms. The zero-order valence-electron chi connectivity index (χ0n) is 10.8. The lowest BCUT2D eigenvalue weighted by molar-refractivity contribution is 0.234. The second-order valence-electron chi connectivity index (χ2n) is 5.42. The highest BCUT2D eigenvalue weighted by molar-refractivity contribution is 7.91. The van der Waals surface area contributed by atoms with Crippen LogP contribution >= 0.6 is 0 Å². The van der Waals surface area contributed by atoms with Gasteiger partial charge in [0.15, 0.2) is 15.7 Å². The normalized spacial score (nSPS) is 29.9. The summed E-state index contributed by atoms with van der Waals surface area (Å²) in [4.78, 5) is 4.44. The van der Waals surface area contributed by atoms with Crippen molar-refractivity contribution in [1.82, 2.24) is 14.8 Å². The molecule has 7 heteroatoms. The molecule has 1 fully saturated rings. The molecule has 19 heavy (non-hydrogen) atoms. The summed E-state index contributed by atoms with van der Waals surface area (Å²) in [5.74, 6) is 1.44. The molecule has 106 valence electrons. The van der Waals surface area contributed by atoms with E-state index in [0.29, 0.717) is 12.2 Å². The molecule has 1 N–H and O–H groups in total. The Balaban J connectivity index is 1.96.